The van der Waals surface area contributed by atoms with Crippen LogP contribution >= 0.6 is 0 Å². The fraction of sp³-hybridized carbons (Fsp3) is 0.619. The van der Waals surface area contributed by atoms with Gasteiger partial charge in [0.05, 0.1) is 11.9 Å². The van der Waals surface area contributed by atoms with Crippen molar-refractivity contribution in [3.63, 3.8) is 0 Å². The van der Waals surface area contributed by atoms with Crippen molar-refractivity contribution in [3.8, 4) is 0 Å². The van der Waals surface area contributed by atoms with Crippen molar-refractivity contribution >= 4 is 11.7 Å². The fourth-order valence-electron chi connectivity index (χ4n) is 4.25. The van der Waals surface area contributed by atoms with Gasteiger partial charge in [-0.2, -0.15) is 5.10 Å². The highest BCUT2D eigenvalue weighted by Crippen LogP contribution is 2.37. The second kappa shape index (κ2) is 8.10. The molecule has 29 heavy (non-hydrogen) atoms. The van der Waals surface area contributed by atoms with Gasteiger partial charge in [0.1, 0.15) is 5.82 Å². The van der Waals surface area contributed by atoms with Crippen LogP contribution in [-0.2, 0) is 13.6 Å². The number of anilines is 1. The smallest absolute Gasteiger partial charge is 0.288 e. The second-order valence-corrected chi connectivity index (χ2v) is 8.27. The number of aryl methyl sites for hydroxylation is 2. The third-order valence-electron chi connectivity index (χ3n) is 6.48. The zero-order valence-electron chi connectivity index (χ0n) is 17.8. The summed E-state index contributed by atoms with van der Waals surface area (Å²) in [5.41, 5.74) is 4.62. The van der Waals surface area contributed by atoms with Gasteiger partial charge < -0.3 is 15.5 Å². The molecule has 156 valence electrons. The highest BCUT2D eigenvalue weighted by Gasteiger charge is 2.28. The number of aromatic nitrogens is 4. The molecule has 1 atom stereocenters. The SMILES string of the molecule is CNC(=O)c1nc(C)c(C)c(N2CC[C@@H](NCc3c(C4CCC4)cnn3C)C2)n1. The highest BCUT2D eigenvalue weighted by atomic mass is 16.2. The summed E-state index contributed by atoms with van der Waals surface area (Å²) >= 11 is 0. The van der Waals surface area contributed by atoms with E-state index >= 15 is 0 Å². The lowest BCUT2D eigenvalue weighted by Gasteiger charge is -2.26. The Hall–Kier alpha value is -2.48. The maximum Gasteiger partial charge on any atom is 0.288 e. The predicted molar refractivity (Wildman–Crippen MR) is 112 cm³/mol. The van der Waals surface area contributed by atoms with Crippen LogP contribution in [0.25, 0.3) is 0 Å². The van der Waals surface area contributed by atoms with Crippen molar-refractivity contribution in [2.75, 3.05) is 25.0 Å². The average molecular weight is 398 g/mol. The Bertz CT molecular complexity index is 903. The molecule has 1 saturated carbocycles. The summed E-state index contributed by atoms with van der Waals surface area (Å²) in [6.07, 6.45) is 7.01. The van der Waals surface area contributed by atoms with Crippen LogP contribution in [0.3, 0.4) is 0 Å². The predicted octanol–water partition coefficient (Wildman–Crippen LogP) is 1.82. The number of carbonyl (C=O) groups is 1. The normalized spacial score (nSPS) is 19.4. The Morgan fingerprint density at radius 1 is 1.24 bits per heavy atom. The summed E-state index contributed by atoms with van der Waals surface area (Å²) in [5, 5.41) is 10.8. The van der Waals surface area contributed by atoms with Crippen molar-refractivity contribution in [2.45, 2.75) is 58.0 Å². The van der Waals surface area contributed by atoms with Gasteiger partial charge in [0.15, 0.2) is 0 Å². The molecule has 2 aliphatic rings. The van der Waals surface area contributed by atoms with Crippen LogP contribution in [-0.4, -0.2) is 51.8 Å². The highest BCUT2D eigenvalue weighted by molar-refractivity contribution is 5.90. The van der Waals surface area contributed by atoms with Crippen LogP contribution in [0.5, 0.6) is 0 Å². The molecule has 8 nitrogen and oxygen atoms in total. The molecular formula is C21H31N7O. The number of hydrogen-bond donors (Lipinski definition) is 2. The molecular weight excluding hydrogens is 366 g/mol. The third kappa shape index (κ3) is 3.85. The van der Waals surface area contributed by atoms with Crippen LogP contribution in [0, 0.1) is 13.8 Å². The summed E-state index contributed by atoms with van der Waals surface area (Å²) < 4.78 is 2.01. The minimum atomic E-state index is -0.247. The van der Waals surface area contributed by atoms with E-state index in [-0.39, 0.29) is 11.7 Å². The standard InChI is InChI=1S/C21H31N7O/c1-13-14(2)25-19(21(29)22-3)26-20(13)28-9-8-16(12-28)23-11-18-17(10-24-27(18)4)15-6-5-7-15/h10,15-16,23H,5-9,11-12H2,1-4H3,(H,22,29)/t16-/m1/s1. The van der Waals surface area contributed by atoms with E-state index in [1.165, 1.54) is 30.5 Å². The maximum atomic E-state index is 12.0. The van der Waals surface area contributed by atoms with Gasteiger partial charge in [-0.1, -0.05) is 6.42 Å². The molecule has 0 unspecified atom stereocenters. The number of hydrogen-bond acceptors (Lipinski definition) is 6. The maximum absolute atomic E-state index is 12.0. The summed E-state index contributed by atoms with van der Waals surface area (Å²) in [6, 6.07) is 0.386. The first-order valence-electron chi connectivity index (χ1n) is 10.5. The average Bonchev–Trinajstić information content (AvgIpc) is 3.27. The molecule has 2 aromatic rings. The van der Waals surface area contributed by atoms with E-state index in [0.29, 0.717) is 12.0 Å². The van der Waals surface area contributed by atoms with E-state index in [4.69, 9.17) is 0 Å². The number of nitrogens with one attached hydrogen (secondary N) is 2. The number of amides is 1. The lowest BCUT2D eigenvalue weighted by atomic mass is 9.80. The molecule has 1 aliphatic carbocycles. The molecule has 1 amide bonds. The fourth-order valence-corrected chi connectivity index (χ4v) is 4.25. The number of nitrogens with zero attached hydrogens (tertiary/aromatic N) is 5. The second-order valence-electron chi connectivity index (χ2n) is 8.27. The molecule has 1 aliphatic heterocycles. The Balaban J connectivity index is 1.43. The minimum Gasteiger partial charge on any atom is -0.355 e. The molecule has 3 heterocycles. The van der Waals surface area contributed by atoms with E-state index in [2.05, 4.69) is 36.8 Å². The lowest BCUT2D eigenvalue weighted by Crippen LogP contribution is -2.34. The molecule has 0 aromatic carbocycles. The molecule has 4 rings (SSSR count). The van der Waals surface area contributed by atoms with E-state index < -0.39 is 0 Å². The van der Waals surface area contributed by atoms with E-state index in [0.717, 1.165) is 43.1 Å². The van der Waals surface area contributed by atoms with Gasteiger partial charge in [-0.05, 0) is 44.6 Å². The van der Waals surface area contributed by atoms with E-state index in [1.54, 1.807) is 7.05 Å². The molecule has 2 aromatic heterocycles. The summed E-state index contributed by atoms with van der Waals surface area (Å²) in [7, 11) is 3.64. The molecule has 2 N–H and O–H groups in total. The van der Waals surface area contributed by atoms with Crippen LogP contribution in [0.15, 0.2) is 6.20 Å². The van der Waals surface area contributed by atoms with E-state index in [1.807, 2.05) is 25.6 Å². The zero-order chi connectivity index (χ0) is 20.5. The Labute approximate surface area is 172 Å². The lowest BCUT2D eigenvalue weighted by molar-refractivity contribution is 0.0952. The van der Waals surface area contributed by atoms with Gasteiger partial charge in [-0.15, -0.1) is 0 Å². The minimum absolute atomic E-state index is 0.238. The monoisotopic (exact) mass is 397 g/mol. The van der Waals surface area contributed by atoms with Gasteiger partial charge in [0.25, 0.3) is 5.91 Å². The first-order chi connectivity index (χ1) is 14.0. The van der Waals surface area contributed by atoms with Crippen molar-refractivity contribution < 1.29 is 4.79 Å². The third-order valence-corrected chi connectivity index (χ3v) is 6.48. The Morgan fingerprint density at radius 2 is 2.03 bits per heavy atom. The van der Waals surface area contributed by atoms with Crippen molar-refractivity contribution in [1.29, 1.82) is 0 Å². The largest absolute Gasteiger partial charge is 0.355 e. The molecule has 0 radical (unpaired) electrons. The van der Waals surface area contributed by atoms with Gasteiger partial charge in [0.2, 0.25) is 5.82 Å². The van der Waals surface area contributed by atoms with Gasteiger partial charge in [-0.25, -0.2) is 9.97 Å². The Kier molecular flexibility index (Phi) is 5.54. The molecule has 1 saturated heterocycles. The molecule has 0 spiro atoms. The zero-order valence-corrected chi connectivity index (χ0v) is 17.8. The van der Waals surface area contributed by atoms with Gasteiger partial charge in [0, 0.05) is 51.0 Å². The topological polar surface area (TPSA) is 88.0 Å². The van der Waals surface area contributed by atoms with Gasteiger partial charge in [-0.3, -0.25) is 9.48 Å². The molecule has 0 bridgehead atoms. The van der Waals surface area contributed by atoms with E-state index in [9.17, 15) is 4.79 Å². The first kappa shape index (κ1) is 19.8. The van der Waals surface area contributed by atoms with Crippen LogP contribution in [0.4, 0.5) is 5.82 Å². The molecule has 2 fully saturated rings. The van der Waals surface area contributed by atoms with Crippen molar-refractivity contribution in [2.24, 2.45) is 7.05 Å². The molecule has 8 heteroatoms. The number of carbonyl (C=O) groups excluding carboxylic acids is 1. The summed E-state index contributed by atoms with van der Waals surface area (Å²) in [4.78, 5) is 23.2. The number of rotatable bonds is 6. The quantitative estimate of drug-likeness (QED) is 0.773. The summed E-state index contributed by atoms with van der Waals surface area (Å²) in [6.45, 7) is 6.60. The van der Waals surface area contributed by atoms with Crippen LogP contribution < -0.4 is 15.5 Å². The van der Waals surface area contributed by atoms with Crippen LogP contribution in [0.2, 0.25) is 0 Å². The van der Waals surface area contributed by atoms with Crippen molar-refractivity contribution in [3.05, 3.63) is 34.5 Å². The van der Waals surface area contributed by atoms with Crippen molar-refractivity contribution in [1.82, 2.24) is 30.4 Å². The first-order valence-corrected chi connectivity index (χ1v) is 10.5. The Morgan fingerprint density at radius 3 is 2.72 bits per heavy atom. The summed E-state index contributed by atoms with van der Waals surface area (Å²) in [5.74, 6) is 1.55. The van der Waals surface area contributed by atoms with Gasteiger partial charge >= 0.3 is 0 Å². The van der Waals surface area contributed by atoms with Crippen LogP contribution in [0.1, 0.15) is 64.7 Å².